The second-order valence-electron chi connectivity index (χ2n) is 5.17. The fraction of sp³-hybridized carbons (Fsp3) is 0.222. The zero-order valence-corrected chi connectivity index (χ0v) is 15.3. The van der Waals surface area contributed by atoms with Crippen LogP contribution in [0, 0.1) is 0 Å². The number of furan rings is 1. The van der Waals surface area contributed by atoms with Crippen molar-refractivity contribution in [2.45, 2.75) is 6.92 Å². The van der Waals surface area contributed by atoms with Gasteiger partial charge in [0.25, 0.3) is 0 Å². The van der Waals surface area contributed by atoms with Crippen LogP contribution in [0.4, 0.5) is 0 Å². The van der Waals surface area contributed by atoms with Gasteiger partial charge in [-0.25, -0.2) is 4.68 Å². The smallest absolute Gasteiger partial charge is 0.205 e. The van der Waals surface area contributed by atoms with E-state index in [0.717, 1.165) is 33.3 Å². The summed E-state index contributed by atoms with van der Waals surface area (Å²) in [5, 5.41) is 6.70. The number of hydrogen-bond acceptors (Lipinski definition) is 6. The number of ether oxygens (including phenoxy) is 2. The molecule has 0 unspecified atom stereocenters. The van der Waals surface area contributed by atoms with Crippen molar-refractivity contribution in [3.63, 3.8) is 0 Å². The SMILES string of the molecule is CN=c1scc(-c2cc(OC)ccc2OC)n1N=C(C)c1ccco1. The van der Waals surface area contributed by atoms with Gasteiger partial charge in [-0.2, -0.15) is 5.10 Å². The normalized spacial score (nSPS) is 12.5. The van der Waals surface area contributed by atoms with Crippen molar-refractivity contribution in [3.05, 3.63) is 52.5 Å². The minimum atomic E-state index is 0.712. The van der Waals surface area contributed by atoms with Crippen LogP contribution in [0.25, 0.3) is 11.3 Å². The predicted molar refractivity (Wildman–Crippen MR) is 98.7 cm³/mol. The molecule has 0 radical (unpaired) electrons. The van der Waals surface area contributed by atoms with Crippen molar-refractivity contribution >= 4 is 17.0 Å². The topological polar surface area (TPSA) is 61.2 Å². The summed E-state index contributed by atoms with van der Waals surface area (Å²) in [7, 11) is 5.02. The number of methoxy groups -OCH3 is 2. The Morgan fingerprint density at radius 3 is 2.68 bits per heavy atom. The summed E-state index contributed by atoms with van der Waals surface area (Å²) < 4.78 is 18.1. The molecule has 0 saturated carbocycles. The van der Waals surface area contributed by atoms with Crippen molar-refractivity contribution in [1.29, 1.82) is 0 Å². The molecule has 2 heterocycles. The summed E-state index contributed by atoms with van der Waals surface area (Å²) >= 11 is 1.51. The van der Waals surface area contributed by atoms with Gasteiger partial charge in [-0.3, -0.25) is 4.99 Å². The van der Waals surface area contributed by atoms with Gasteiger partial charge < -0.3 is 13.9 Å². The molecule has 25 heavy (non-hydrogen) atoms. The average molecular weight is 357 g/mol. The molecule has 0 amide bonds. The fourth-order valence-electron chi connectivity index (χ4n) is 2.43. The third kappa shape index (κ3) is 3.36. The fourth-order valence-corrected chi connectivity index (χ4v) is 3.22. The van der Waals surface area contributed by atoms with E-state index < -0.39 is 0 Å². The van der Waals surface area contributed by atoms with E-state index >= 15 is 0 Å². The Labute approximate surface area is 149 Å². The molecule has 0 aliphatic carbocycles. The lowest BCUT2D eigenvalue weighted by Crippen LogP contribution is -2.13. The molecule has 0 N–H and O–H groups in total. The second-order valence-corrected chi connectivity index (χ2v) is 6.00. The van der Waals surface area contributed by atoms with E-state index in [1.165, 1.54) is 11.3 Å². The van der Waals surface area contributed by atoms with Crippen molar-refractivity contribution in [2.75, 3.05) is 21.3 Å². The molecule has 0 aliphatic heterocycles. The average Bonchev–Trinajstić information content (AvgIpc) is 3.31. The van der Waals surface area contributed by atoms with Crippen LogP contribution in [0.3, 0.4) is 0 Å². The van der Waals surface area contributed by atoms with Crippen LogP contribution < -0.4 is 14.3 Å². The first-order chi connectivity index (χ1) is 12.2. The van der Waals surface area contributed by atoms with Crippen molar-refractivity contribution in [1.82, 2.24) is 4.68 Å². The summed E-state index contributed by atoms with van der Waals surface area (Å²) in [6, 6.07) is 9.38. The Bertz CT molecular complexity index is 952. The highest BCUT2D eigenvalue weighted by Gasteiger charge is 2.14. The highest BCUT2D eigenvalue weighted by Crippen LogP contribution is 2.33. The maximum absolute atomic E-state index is 5.51. The maximum atomic E-state index is 5.51. The van der Waals surface area contributed by atoms with Gasteiger partial charge in [-0.05, 0) is 37.3 Å². The summed E-state index contributed by atoms with van der Waals surface area (Å²) in [5.74, 6) is 2.19. The zero-order valence-electron chi connectivity index (χ0n) is 14.5. The Morgan fingerprint density at radius 1 is 1.20 bits per heavy atom. The molecule has 0 spiro atoms. The first kappa shape index (κ1) is 17.0. The van der Waals surface area contributed by atoms with Gasteiger partial charge in [-0.1, -0.05) is 0 Å². The van der Waals surface area contributed by atoms with Crippen LogP contribution in [0.1, 0.15) is 12.7 Å². The summed E-state index contributed by atoms with van der Waals surface area (Å²) in [5.41, 5.74) is 2.50. The number of nitrogens with zero attached hydrogens (tertiary/aromatic N) is 3. The molecule has 0 fully saturated rings. The van der Waals surface area contributed by atoms with Crippen molar-refractivity contribution in [2.24, 2.45) is 10.1 Å². The molecule has 1 aromatic carbocycles. The molecule has 0 bridgehead atoms. The van der Waals surface area contributed by atoms with Crippen LogP contribution in [0.5, 0.6) is 11.5 Å². The van der Waals surface area contributed by atoms with Crippen LogP contribution in [-0.4, -0.2) is 31.7 Å². The summed E-state index contributed by atoms with van der Waals surface area (Å²) in [6.07, 6.45) is 1.63. The molecule has 0 atom stereocenters. The van der Waals surface area contributed by atoms with Crippen LogP contribution in [0.2, 0.25) is 0 Å². The molecule has 6 nitrogen and oxygen atoms in total. The van der Waals surface area contributed by atoms with Gasteiger partial charge in [0.05, 0.1) is 26.2 Å². The van der Waals surface area contributed by atoms with Crippen molar-refractivity contribution in [3.8, 4) is 22.8 Å². The molecular formula is C18H19N3O3S. The molecule has 2 aromatic heterocycles. The first-order valence-corrected chi connectivity index (χ1v) is 8.51. The highest BCUT2D eigenvalue weighted by molar-refractivity contribution is 7.07. The quantitative estimate of drug-likeness (QED) is 0.655. The molecule has 0 aliphatic rings. The zero-order chi connectivity index (χ0) is 17.8. The molecule has 3 rings (SSSR count). The first-order valence-electron chi connectivity index (χ1n) is 7.63. The molecular weight excluding hydrogens is 338 g/mol. The lowest BCUT2D eigenvalue weighted by Gasteiger charge is -2.11. The highest BCUT2D eigenvalue weighted by atomic mass is 32.1. The largest absolute Gasteiger partial charge is 0.497 e. The maximum Gasteiger partial charge on any atom is 0.205 e. The molecule has 130 valence electrons. The third-order valence-corrected chi connectivity index (χ3v) is 4.59. The van der Waals surface area contributed by atoms with Gasteiger partial charge in [0.2, 0.25) is 4.80 Å². The standard InChI is InChI=1S/C18H19N3O3S/c1-12(16-6-5-9-24-16)20-21-15(11-25-18(21)19-2)14-10-13(22-3)7-8-17(14)23-4/h5-11H,1-4H3. The monoisotopic (exact) mass is 357 g/mol. The van der Waals surface area contributed by atoms with E-state index in [1.807, 2.05) is 42.6 Å². The third-order valence-electron chi connectivity index (χ3n) is 3.69. The number of rotatable bonds is 5. The Hall–Kier alpha value is -2.80. The van der Waals surface area contributed by atoms with E-state index in [1.54, 1.807) is 32.2 Å². The van der Waals surface area contributed by atoms with Gasteiger partial charge in [0.15, 0.2) is 0 Å². The minimum absolute atomic E-state index is 0.712. The second kappa shape index (κ2) is 7.40. The van der Waals surface area contributed by atoms with Gasteiger partial charge in [0, 0.05) is 18.0 Å². The molecule has 3 aromatic rings. The number of hydrogen-bond donors (Lipinski definition) is 0. The number of benzene rings is 1. The lowest BCUT2D eigenvalue weighted by molar-refractivity contribution is 0.404. The van der Waals surface area contributed by atoms with Crippen LogP contribution in [-0.2, 0) is 0 Å². The number of aromatic nitrogens is 1. The Balaban J connectivity index is 2.20. The van der Waals surface area contributed by atoms with Crippen molar-refractivity contribution < 1.29 is 13.9 Å². The van der Waals surface area contributed by atoms with Crippen LogP contribution in [0.15, 0.2) is 56.5 Å². The van der Waals surface area contributed by atoms with Gasteiger partial charge >= 0.3 is 0 Å². The molecule has 7 heteroatoms. The van der Waals surface area contributed by atoms with Gasteiger partial charge in [0.1, 0.15) is 23.0 Å². The van der Waals surface area contributed by atoms with Gasteiger partial charge in [-0.15, -0.1) is 11.3 Å². The lowest BCUT2D eigenvalue weighted by atomic mass is 10.1. The summed E-state index contributed by atoms with van der Waals surface area (Å²) in [6.45, 7) is 1.90. The predicted octanol–water partition coefficient (Wildman–Crippen LogP) is 3.63. The van der Waals surface area contributed by atoms with E-state index in [9.17, 15) is 0 Å². The summed E-state index contributed by atoms with van der Waals surface area (Å²) in [4.78, 5) is 5.09. The minimum Gasteiger partial charge on any atom is -0.497 e. The van der Waals surface area contributed by atoms with E-state index in [4.69, 9.17) is 19.0 Å². The van der Waals surface area contributed by atoms with E-state index in [2.05, 4.69) is 4.99 Å². The molecule has 0 saturated heterocycles. The Morgan fingerprint density at radius 2 is 2.04 bits per heavy atom. The number of thiazole rings is 1. The van der Waals surface area contributed by atoms with E-state index in [-0.39, 0.29) is 0 Å². The van der Waals surface area contributed by atoms with E-state index in [0.29, 0.717) is 5.76 Å². The van der Waals surface area contributed by atoms with Crippen LogP contribution >= 0.6 is 11.3 Å². The Kier molecular flexibility index (Phi) is 5.04.